The number of hydrogen-bond donors (Lipinski definition) is 8. The first-order valence-electron chi connectivity index (χ1n) is 23.3. The van der Waals surface area contributed by atoms with E-state index in [0.29, 0.717) is 19.7 Å². The Morgan fingerprint density at radius 3 is 0.917 bits per heavy atom. The summed E-state index contributed by atoms with van der Waals surface area (Å²) < 4.78 is 9.75. The monoisotopic (exact) mass is 869 g/mol. The number of ether oxygens (including phenoxy) is 2. The number of piperazine rings is 3. The number of β-amino-alcohol motifs (C(OH)–C–C–N with tert-alkyl or cyclic N) is 6. The SMILES string of the molecule is C1CCNCC1.C1CO1.C1CO1.OCCN1CCCCC1.OCCN1CCN(CCO)CC1.OCCN1CCN(CCO)CC1.[O-]CC[N+]1(CCO)CCN(CCO)CC1. The van der Waals surface area contributed by atoms with Gasteiger partial charge in [0.2, 0.25) is 0 Å². The second kappa shape index (κ2) is 41.0. The molecule has 0 saturated carbocycles. The molecule has 60 heavy (non-hydrogen) atoms. The third-order valence-electron chi connectivity index (χ3n) is 11.4. The van der Waals surface area contributed by atoms with E-state index in [1.54, 1.807) is 0 Å². The maximum Gasteiger partial charge on any atom is 0.102 e. The summed E-state index contributed by atoms with van der Waals surface area (Å²) in [6, 6.07) is 0. The third kappa shape index (κ3) is 33.8. The highest BCUT2D eigenvalue weighted by Gasteiger charge is 2.30. The van der Waals surface area contributed by atoms with Crippen molar-refractivity contribution in [2.45, 2.75) is 38.5 Å². The molecule has 7 aliphatic rings. The number of piperidine rings is 2. The molecule has 0 atom stereocenters. The summed E-state index contributed by atoms with van der Waals surface area (Å²) in [5.41, 5.74) is 0. The van der Waals surface area contributed by atoms with Crippen LogP contribution < -0.4 is 10.4 Å². The molecule has 7 heterocycles. The molecule has 0 bridgehead atoms. The van der Waals surface area contributed by atoms with Crippen LogP contribution in [0, 0.1) is 0 Å². The summed E-state index contributed by atoms with van der Waals surface area (Å²) in [6.45, 7) is 28.3. The second-order valence-electron chi connectivity index (χ2n) is 16.2. The van der Waals surface area contributed by atoms with E-state index in [2.05, 4.69) is 44.2 Å². The maximum absolute atomic E-state index is 10.7. The maximum atomic E-state index is 10.7. The number of quaternary nitrogens is 1. The van der Waals surface area contributed by atoms with Gasteiger partial charge in [-0.2, -0.15) is 0 Å². The minimum atomic E-state index is -0.0694. The number of nitrogens with one attached hydrogen (secondary N) is 1. The van der Waals surface area contributed by atoms with Crippen molar-refractivity contribution in [1.29, 1.82) is 0 Å². The Kier molecular flexibility index (Phi) is 39.2. The number of nitrogens with zero attached hydrogens (tertiary/aromatic N) is 7. The van der Waals surface area contributed by atoms with Crippen molar-refractivity contribution < 1.29 is 54.8 Å². The van der Waals surface area contributed by atoms with Gasteiger partial charge in [0.25, 0.3) is 0 Å². The molecule has 7 fully saturated rings. The molecule has 360 valence electrons. The molecule has 7 saturated heterocycles. The van der Waals surface area contributed by atoms with Gasteiger partial charge in [0.05, 0.1) is 92.3 Å². The molecule has 0 aromatic carbocycles. The van der Waals surface area contributed by atoms with Gasteiger partial charge in [0.1, 0.15) is 6.54 Å². The standard InChI is InChI=1S/C10H22N2O3.2C8H18N2O2.C7H15NO.C5H11N.2C2H4O/c13-8-3-11-1-4-12(5-2-11,6-9-14)7-10-15;2*11-7-5-9-1-2-10(4-3-9)6-8-12;9-7-6-8-4-2-1-3-5-8;1-2-4-6-5-3-1;2*1-2-3-1/h13-14H,1-10H2;2*11-12H,1-8H2;9H,1-7H2;6H,1-5H2;2*1-2H2. The first-order chi connectivity index (χ1) is 29.4. The molecular weight excluding hydrogens is 777 g/mol. The van der Waals surface area contributed by atoms with Crippen LogP contribution in [0.2, 0.25) is 0 Å². The quantitative estimate of drug-likeness (QED) is 0.0546. The fraction of sp³-hybridized carbons (Fsp3) is 1.00. The molecule has 18 nitrogen and oxygen atoms in total. The number of rotatable bonds is 16. The molecule has 18 heteroatoms. The van der Waals surface area contributed by atoms with Crippen molar-refractivity contribution in [3.63, 3.8) is 0 Å². The van der Waals surface area contributed by atoms with E-state index >= 15 is 0 Å². The zero-order chi connectivity index (χ0) is 43.8. The molecule has 0 radical (unpaired) electrons. The summed E-state index contributed by atoms with van der Waals surface area (Å²) >= 11 is 0. The molecular formula is C42H92N8O10. The van der Waals surface area contributed by atoms with Gasteiger partial charge < -0.3 is 65.0 Å². The summed E-state index contributed by atoms with van der Waals surface area (Å²) in [7, 11) is 0. The van der Waals surface area contributed by atoms with Crippen LogP contribution in [0.25, 0.3) is 0 Å². The van der Waals surface area contributed by atoms with Crippen LogP contribution >= 0.6 is 0 Å². The predicted octanol–water partition coefficient (Wildman–Crippen LogP) is -4.10. The van der Waals surface area contributed by atoms with Crippen molar-refractivity contribution in [1.82, 2.24) is 34.7 Å². The van der Waals surface area contributed by atoms with E-state index in [1.165, 1.54) is 64.7 Å². The summed E-state index contributed by atoms with van der Waals surface area (Å²) in [5, 5.41) is 75.2. The van der Waals surface area contributed by atoms with Crippen LogP contribution in [0.5, 0.6) is 0 Å². The van der Waals surface area contributed by atoms with E-state index in [0.717, 1.165) is 149 Å². The lowest BCUT2D eigenvalue weighted by Crippen LogP contribution is -2.62. The first kappa shape index (κ1) is 57.3. The number of aliphatic hydroxyl groups excluding tert-OH is 7. The molecule has 0 aliphatic carbocycles. The van der Waals surface area contributed by atoms with Crippen molar-refractivity contribution in [2.24, 2.45) is 0 Å². The normalized spacial score (nSPS) is 22.2. The van der Waals surface area contributed by atoms with E-state index in [4.69, 9.17) is 35.7 Å². The first-order valence-corrected chi connectivity index (χ1v) is 23.3. The van der Waals surface area contributed by atoms with Crippen LogP contribution in [0.15, 0.2) is 0 Å². The topological polar surface area (TPSA) is 221 Å². The minimum absolute atomic E-state index is 0.0694. The summed E-state index contributed by atoms with van der Waals surface area (Å²) in [4.78, 5) is 13.5. The lowest BCUT2D eigenvalue weighted by Gasteiger charge is -2.45. The third-order valence-corrected chi connectivity index (χ3v) is 11.4. The Morgan fingerprint density at radius 2 is 0.683 bits per heavy atom. The molecule has 0 spiro atoms. The molecule has 0 unspecified atom stereocenters. The van der Waals surface area contributed by atoms with Gasteiger partial charge in [0, 0.05) is 105 Å². The van der Waals surface area contributed by atoms with Gasteiger partial charge >= 0.3 is 0 Å². The van der Waals surface area contributed by atoms with Crippen LogP contribution in [-0.2, 0) is 9.47 Å². The molecule has 0 aromatic heterocycles. The molecule has 0 aromatic rings. The Balaban J connectivity index is 0.000000368. The Morgan fingerprint density at radius 1 is 0.383 bits per heavy atom. The molecule has 0 amide bonds. The van der Waals surface area contributed by atoms with Crippen molar-refractivity contribution in [2.75, 3.05) is 236 Å². The van der Waals surface area contributed by atoms with Gasteiger partial charge in [-0.1, -0.05) is 19.4 Å². The van der Waals surface area contributed by atoms with Crippen molar-refractivity contribution in [3.8, 4) is 0 Å². The van der Waals surface area contributed by atoms with E-state index in [1.807, 2.05) is 0 Å². The van der Waals surface area contributed by atoms with E-state index < -0.39 is 0 Å². The highest BCUT2D eigenvalue weighted by Crippen LogP contribution is 2.12. The fourth-order valence-corrected chi connectivity index (χ4v) is 7.43. The molecule has 7 rings (SSSR count). The average molecular weight is 869 g/mol. The summed E-state index contributed by atoms with van der Waals surface area (Å²) in [5.74, 6) is 0. The Hall–Kier alpha value is -0.720. The lowest BCUT2D eigenvalue weighted by molar-refractivity contribution is -0.936. The summed E-state index contributed by atoms with van der Waals surface area (Å²) in [6.07, 6.45) is 8.23. The number of likely N-dealkylation sites (tertiary alicyclic amines) is 1. The zero-order valence-corrected chi connectivity index (χ0v) is 37.7. The molecule has 7 aliphatic heterocycles. The van der Waals surface area contributed by atoms with Crippen LogP contribution in [0.1, 0.15) is 38.5 Å². The van der Waals surface area contributed by atoms with E-state index in [9.17, 15) is 5.11 Å². The van der Waals surface area contributed by atoms with Gasteiger partial charge in [0.15, 0.2) is 0 Å². The average Bonchev–Trinajstić information content (AvgIpc) is 4.19. The Labute approximate surface area is 363 Å². The van der Waals surface area contributed by atoms with Crippen molar-refractivity contribution in [3.05, 3.63) is 0 Å². The fourth-order valence-electron chi connectivity index (χ4n) is 7.43. The number of epoxide rings is 2. The zero-order valence-electron chi connectivity index (χ0n) is 37.7. The van der Waals surface area contributed by atoms with Crippen LogP contribution in [0.4, 0.5) is 0 Å². The van der Waals surface area contributed by atoms with Gasteiger partial charge in [-0.25, -0.2) is 0 Å². The smallest absolute Gasteiger partial charge is 0.102 e. The number of hydrogen-bond acceptors (Lipinski definition) is 17. The van der Waals surface area contributed by atoms with Crippen LogP contribution in [0.3, 0.4) is 0 Å². The minimum Gasteiger partial charge on any atom is -0.850 e. The molecule has 8 N–H and O–H groups in total. The van der Waals surface area contributed by atoms with Gasteiger partial charge in [-0.3, -0.25) is 24.5 Å². The largest absolute Gasteiger partial charge is 0.850 e. The van der Waals surface area contributed by atoms with Gasteiger partial charge in [-0.05, 0) is 51.9 Å². The lowest BCUT2D eigenvalue weighted by atomic mass is 10.1. The van der Waals surface area contributed by atoms with E-state index in [-0.39, 0.29) is 46.2 Å². The highest BCUT2D eigenvalue weighted by atomic mass is 16.6. The van der Waals surface area contributed by atoms with Crippen molar-refractivity contribution >= 4 is 0 Å². The second-order valence-corrected chi connectivity index (χ2v) is 16.2. The predicted molar refractivity (Wildman–Crippen MR) is 235 cm³/mol. The highest BCUT2D eigenvalue weighted by molar-refractivity contribution is 4.72. The Bertz CT molecular complexity index is 784. The van der Waals surface area contributed by atoms with Gasteiger partial charge in [-0.15, -0.1) is 0 Å². The van der Waals surface area contributed by atoms with Crippen LogP contribution in [-0.4, -0.2) is 306 Å². The number of aliphatic hydroxyl groups is 7.